The SMILES string of the molecule is COCCN(C(=O)CSc1nnc(-c2ccccc2F)n1C1CC1)C1=CCCCC1. The normalized spacial score (nSPS) is 16.4. The van der Waals surface area contributed by atoms with Crippen molar-refractivity contribution in [1.82, 2.24) is 19.7 Å². The van der Waals surface area contributed by atoms with Gasteiger partial charge in [0.1, 0.15) is 5.82 Å². The van der Waals surface area contributed by atoms with Crippen molar-refractivity contribution in [2.24, 2.45) is 0 Å². The van der Waals surface area contributed by atoms with Gasteiger partial charge in [0.15, 0.2) is 11.0 Å². The molecule has 4 rings (SSSR count). The third-order valence-electron chi connectivity index (χ3n) is 5.45. The van der Waals surface area contributed by atoms with Crippen LogP contribution in [0.25, 0.3) is 11.4 Å². The zero-order valence-electron chi connectivity index (χ0n) is 17.2. The van der Waals surface area contributed by atoms with Crippen LogP contribution in [0, 0.1) is 5.82 Å². The molecule has 30 heavy (non-hydrogen) atoms. The molecule has 0 aliphatic heterocycles. The molecule has 0 radical (unpaired) electrons. The van der Waals surface area contributed by atoms with Gasteiger partial charge in [0.2, 0.25) is 5.91 Å². The first-order chi connectivity index (χ1) is 14.7. The van der Waals surface area contributed by atoms with E-state index in [2.05, 4.69) is 16.3 Å². The lowest BCUT2D eigenvalue weighted by Gasteiger charge is -2.27. The zero-order valence-corrected chi connectivity index (χ0v) is 18.0. The Kier molecular flexibility index (Phi) is 6.84. The van der Waals surface area contributed by atoms with Crippen molar-refractivity contribution in [3.8, 4) is 11.4 Å². The fraction of sp³-hybridized carbons (Fsp3) is 0.500. The third kappa shape index (κ3) is 4.75. The van der Waals surface area contributed by atoms with Crippen molar-refractivity contribution >= 4 is 17.7 Å². The van der Waals surface area contributed by atoms with Crippen LogP contribution in [0.15, 0.2) is 41.2 Å². The van der Waals surface area contributed by atoms with Gasteiger partial charge in [-0.25, -0.2) is 4.39 Å². The van der Waals surface area contributed by atoms with E-state index < -0.39 is 0 Å². The first-order valence-corrected chi connectivity index (χ1v) is 11.5. The van der Waals surface area contributed by atoms with E-state index in [0.717, 1.165) is 37.8 Å². The number of aromatic nitrogens is 3. The molecule has 8 heteroatoms. The molecule has 1 aromatic carbocycles. The monoisotopic (exact) mass is 430 g/mol. The highest BCUT2D eigenvalue weighted by Gasteiger charge is 2.31. The Hall–Kier alpha value is -2.19. The van der Waals surface area contributed by atoms with Crippen molar-refractivity contribution in [3.63, 3.8) is 0 Å². The summed E-state index contributed by atoms with van der Waals surface area (Å²) in [6, 6.07) is 6.90. The minimum atomic E-state index is -0.311. The second-order valence-corrected chi connectivity index (χ2v) is 8.60. The second-order valence-electron chi connectivity index (χ2n) is 7.66. The Morgan fingerprint density at radius 2 is 2.13 bits per heavy atom. The van der Waals surface area contributed by atoms with Crippen LogP contribution in [0.2, 0.25) is 0 Å². The molecule has 0 saturated heterocycles. The average Bonchev–Trinajstić information content (AvgIpc) is 3.53. The number of carbonyl (C=O) groups excluding carboxylic acids is 1. The Morgan fingerprint density at radius 3 is 2.83 bits per heavy atom. The molecular formula is C22H27FN4O2S. The van der Waals surface area contributed by atoms with E-state index in [0.29, 0.717) is 29.7 Å². The predicted molar refractivity (Wildman–Crippen MR) is 115 cm³/mol. The van der Waals surface area contributed by atoms with E-state index in [9.17, 15) is 9.18 Å². The average molecular weight is 431 g/mol. The number of carbonyl (C=O) groups is 1. The Balaban J connectivity index is 1.51. The van der Waals surface area contributed by atoms with Gasteiger partial charge in [0.05, 0.1) is 17.9 Å². The van der Waals surface area contributed by atoms with Crippen LogP contribution < -0.4 is 0 Å². The first kappa shape index (κ1) is 21.1. The predicted octanol–water partition coefficient (Wildman–Crippen LogP) is 4.44. The third-order valence-corrected chi connectivity index (χ3v) is 6.38. The van der Waals surface area contributed by atoms with Crippen LogP contribution in [-0.4, -0.2) is 51.6 Å². The summed E-state index contributed by atoms with van der Waals surface area (Å²) in [7, 11) is 1.65. The standard InChI is InChI=1S/C22H27FN4O2S/c1-29-14-13-26(16-7-3-2-4-8-16)20(28)15-30-22-25-24-21(27(22)17-11-12-17)18-9-5-6-10-19(18)23/h5-7,9-10,17H,2-4,8,11-15H2,1H3. The van der Waals surface area contributed by atoms with E-state index in [1.54, 1.807) is 25.3 Å². The maximum atomic E-state index is 14.3. The highest BCUT2D eigenvalue weighted by molar-refractivity contribution is 7.99. The number of amides is 1. The number of nitrogens with zero attached hydrogens (tertiary/aromatic N) is 4. The van der Waals surface area contributed by atoms with Crippen molar-refractivity contribution in [1.29, 1.82) is 0 Å². The summed E-state index contributed by atoms with van der Waals surface area (Å²) in [5.74, 6) is 0.539. The van der Waals surface area contributed by atoms with Gasteiger partial charge in [-0.3, -0.25) is 9.36 Å². The molecule has 1 heterocycles. The van der Waals surface area contributed by atoms with Crippen LogP contribution >= 0.6 is 11.8 Å². The molecular weight excluding hydrogens is 403 g/mol. The molecule has 160 valence electrons. The lowest BCUT2D eigenvalue weighted by atomic mass is 10.0. The number of thioether (sulfide) groups is 1. The summed E-state index contributed by atoms with van der Waals surface area (Å²) in [5.41, 5.74) is 1.55. The molecule has 1 amide bonds. The van der Waals surface area contributed by atoms with Crippen LogP contribution in [0.3, 0.4) is 0 Å². The zero-order chi connectivity index (χ0) is 20.9. The molecule has 0 N–H and O–H groups in total. The molecule has 0 bridgehead atoms. The summed E-state index contributed by atoms with van der Waals surface area (Å²) >= 11 is 1.38. The molecule has 2 aliphatic rings. The van der Waals surface area contributed by atoms with Gasteiger partial charge >= 0.3 is 0 Å². The highest BCUT2D eigenvalue weighted by Crippen LogP contribution is 2.41. The minimum absolute atomic E-state index is 0.0444. The van der Waals surface area contributed by atoms with Gasteiger partial charge in [-0.1, -0.05) is 30.0 Å². The minimum Gasteiger partial charge on any atom is -0.383 e. The van der Waals surface area contributed by atoms with Crippen molar-refractivity contribution in [2.75, 3.05) is 26.0 Å². The van der Waals surface area contributed by atoms with E-state index in [4.69, 9.17) is 4.74 Å². The highest BCUT2D eigenvalue weighted by atomic mass is 32.2. The van der Waals surface area contributed by atoms with Gasteiger partial charge in [-0.05, 0) is 50.7 Å². The molecule has 6 nitrogen and oxygen atoms in total. The number of ether oxygens (including phenoxy) is 1. The maximum absolute atomic E-state index is 14.3. The Labute approximate surface area is 180 Å². The Morgan fingerprint density at radius 1 is 1.30 bits per heavy atom. The lowest BCUT2D eigenvalue weighted by Crippen LogP contribution is -2.35. The number of methoxy groups -OCH3 is 1. The van der Waals surface area contributed by atoms with E-state index in [-0.39, 0.29) is 23.5 Å². The van der Waals surface area contributed by atoms with Crippen molar-refractivity contribution in [3.05, 3.63) is 41.9 Å². The molecule has 1 saturated carbocycles. The van der Waals surface area contributed by atoms with Crippen LogP contribution in [0.4, 0.5) is 4.39 Å². The quantitative estimate of drug-likeness (QED) is 0.550. The van der Waals surface area contributed by atoms with Crippen molar-refractivity contribution < 1.29 is 13.9 Å². The smallest absolute Gasteiger partial charge is 0.237 e. The van der Waals surface area contributed by atoms with Crippen LogP contribution in [0.1, 0.15) is 44.6 Å². The summed E-state index contributed by atoms with van der Waals surface area (Å²) in [5, 5.41) is 9.24. The van der Waals surface area contributed by atoms with E-state index in [1.807, 2.05) is 9.47 Å². The molecule has 0 unspecified atom stereocenters. The Bertz CT molecular complexity index is 926. The van der Waals surface area contributed by atoms with Gasteiger partial charge in [-0.2, -0.15) is 0 Å². The van der Waals surface area contributed by atoms with Gasteiger partial charge in [0.25, 0.3) is 0 Å². The molecule has 1 fully saturated rings. The van der Waals surface area contributed by atoms with Crippen molar-refractivity contribution in [2.45, 2.75) is 49.7 Å². The fourth-order valence-corrected chi connectivity index (χ4v) is 4.63. The second kappa shape index (κ2) is 9.75. The van der Waals surface area contributed by atoms with Crippen LogP contribution in [0.5, 0.6) is 0 Å². The summed E-state index contributed by atoms with van der Waals surface area (Å²) < 4.78 is 21.5. The molecule has 1 aromatic heterocycles. The molecule has 2 aromatic rings. The first-order valence-electron chi connectivity index (χ1n) is 10.5. The number of allylic oxidation sites excluding steroid dienone is 2. The van der Waals surface area contributed by atoms with Gasteiger partial charge in [-0.15, -0.1) is 10.2 Å². The number of hydrogen-bond acceptors (Lipinski definition) is 5. The summed E-state index contributed by atoms with van der Waals surface area (Å²) in [6.45, 7) is 1.06. The fourth-order valence-electron chi connectivity index (χ4n) is 3.75. The topological polar surface area (TPSA) is 60.2 Å². The number of hydrogen-bond donors (Lipinski definition) is 0. The largest absolute Gasteiger partial charge is 0.383 e. The van der Waals surface area contributed by atoms with Gasteiger partial charge < -0.3 is 9.64 Å². The molecule has 2 aliphatic carbocycles. The number of halogens is 1. The number of rotatable bonds is 9. The van der Waals surface area contributed by atoms with E-state index in [1.165, 1.54) is 24.2 Å². The van der Waals surface area contributed by atoms with Crippen LogP contribution in [-0.2, 0) is 9.53 Å². The maximum Gasteiger partial charge on any atom is 0.237 e. The lowest BCUT2D eigenvalue weighted by molar-refractivity contribution is -0.127. The molecule has 0 spiro atoms. The molecule has 0 atom stereocenters. The van der Waals surface area contributed by atoms with Gasteiger partial charge in [0, 0.05) is 25.4 Å². The number of benzene rings is 1. The van der Waals surface area contributed by atoms with E-state index >= 15 is 0 Å². The summed E-state index contributed by atoms with van der Waals surface area (Å²) in [4.78, 5) is 14.9. The summed E-state index contributed by atoms with van der Waals surface area (Å²) in [6.07, 6.45) is 8.44.